The van der Waals surface area contributed by atoms with Crippen molar-refractivity contribution in [3.05, 3.63) is 82.3 Å². The molecule has 0 aromatic heterocycles. The van der Waals surface area contributed by atoms with E-state index in [2.05, 4.69) is 15.9 Å². The van der Waals surface area contributed by atoms with Crippen LogP contribution in [0.25, 0.3) is 16.8 Å². The van der Waals surface area contributed by atoms with E-state index >= 15 is 0 Å². The van der Waals surface area contributed by atoms with Gasteiger partial charge in [-0.05, 0) is 40.6 Å². The van der Waals surface area contributed by atoms with Crippen LogP contribution in [-0.4, -0.2) is 12.9 Å². The SMILES string of the molecule is COc1ccc2ccccc2c1C(=O)/C=C/c1ccc(Br)cc1. The molecule has 0 heterocycles. The van der Waals surface area contributed by atoms with Crippen LogP contribution in [0.2, 0.25) is 0 Å². The Morgan fingerprint density at radius 1 is 1.00 bits per heavy atom. The standard InChI is InChI=1S/C20H15BrO2/c1-23-19-13-9-15-4-2-3-5-17(15)20(19)18(22)12-8-14-6-10-16(21)11-7-14/h2-13H,1H3/b12-8+. The van der Waals surface area contributed by atoms with Crippen LogP contribution in [0.15, 0.2) is 71.2 Å². The Bertz CT molecular complexity index is 880. The van der Waals surface area contributed by atoms with Crippen LogP contribution in [0.4, 0.5) is 0 Å². The number of carbonyl (C=O) groups is 1. The lowest BCUT2D eigenvalue weighted by Gasteiger charge is -2.09. The second kappa shape index (κ2) is 6.80. The van der Waals surface area contributed by atoms with Gasteiger partial charge in [-0.25, -0.2) is 0 Å². The summed E-state index contributed by atoms with van der Waals surface area (Å²) in [6, 6.07) is 19.4. The Morgan fingerprint density at radius 3 is 2.48 bits per heavy atom. The van der Waals surface area contributed by atoms with Crippen LogP contribution in [-0.2, 0) is 0 Å². The van der Waals surface area contributed by atoms with Gasteiger partial charge in [0, 0.05) is 4.47 Å². The molecule has 0 radical (unpaired) electrons. The quantitative estimate of drug-likeness (QED) is 0.449. The van der Waals surface area contributed by atoms with E-state index in [1.54, 1.807) is 13.2 Å². The maximum atomic E-state index is 12.7. The average molecular weight is 367 g/mol. The van der Waals surface area contributed by atoms with Gasteiger partial charge in [0.1, 0.15) is 5.75 Å². The summed E-state index contributed by atoms with van der Waals surface area (Å²) in [5.41, 5.74) is 1.57. The van der Waals surface area contributed by atoms with Crippen LogP contribution in [0.1, 0.15) is 15.9 Å². The van der Waals surface area contributed by atoms with Gasteiger partial charge in [-0.1, -0.05) is 64.5 Å². The van der Waals surface area contributed by atoms with Crippen molar-refractivity contribution in [1.82, 2.24) is 0 Å². The van der Waals surface area contributed by atoms with Crippen molar-refractivity contribution in [3.8, 4) is 5.75 Å². The molecule has 0 aliphatic rings. The highest BCUT2D eigenvalue weighted by Crippen LogP contribution is 2.28. The molecule has 0 unspecified atom stereocenters. The number of carbonyl (C=O) groups excluding carboxylic acids is 1. The molecule has 0 N–H and O–H groups in total. The molecule has 0 spiro atoms. The predicted octanol–water partition coefficient (Wildman–Crippen LogP) is 5.51. The fourth-order valence-corrected chi connectivity index (χ4v) is 2.77. The third kappa shape index (κ3) is 3.35. The van der Waals surface area contributed by atoms with Gasteiger partial charge in [0.25, 0.3) is 0 Å². The molecule has 0 amide bonds. The third-order valence-electron chi connectivity index (χ3n) is 3.65. The number of allylic oxidation sites excluding steroid dienone is 1. The van der Waals surface area contributed by atoms with Crippen LogP contribution in [0.5, 0.6) is 5.75 Å². The summed E-state index contributed by atoms with van der Waals surface area (Å²) in [4.78, 5) is 12.7. The lowest BCUT2D eigenvalue weighted by atomic mass is 9.99. The molecule has 3 rings (SSSR count). The van der Waals surface area contributed by atoms with Crippen molar-refractivity contribution in [1.29, 1.82) is 0 Å². The minimum absolute atomic E-state index is 0.0680. The monoisotopic (exact) mass is 366 g/mol. The van der Waals surface area contributed by atoms with Gasteiger partial charge in [-0.3, -0.25) is 4.79 Å². The van der Waals surface area contributed by atoms with Crippen LogP contribution >= 0.6 is 15.9 Å². The molecule has 0 saturated heterocycles. The van der Waals surface area contributed by atoms with Crippen LogP contribution in [0.3, 0.4) is 0 Å². The van der Waals surface area contributed by atoms with Crippen molar-refractivity contribution >= 4 is 38.6 Å². The number of hydrogen-bond donors (Lipinski definition) is 0. The zero-order chi connectivity index (χ0) is 16.2. The van der Waals surface area contributed by atoms with Gasteiger partial charge in [-0.2, -0.15) is 0 Å². The largest absolute Gasteiger partial charge is 0.496 e. The summed E-state index contributed by atoms with van der Waals surface area (Å²) in [7, 11) is 1.58. The highest BCUT2D eigenvalue weighted by molar-refractivity contribution is 9.10. The summed E-state index contributed by atoms with van der Waals surface area (Å²) in [6.45, 7) is 0. The second-order valence-corrected chi connectivity index (χ2v) is 6.03. The Kier molecular flexibility index (Phi) is 4.58. The summed E-state index contributed by atoms with van der Waals surface area (Å²) < 4.78 is 6.39. The minimum Gasteiger partial charge on any atom is -0.496 e. The first-order chi connectivity index (χ1) is 11.2. The smallest absolute Gasteiger partial charge is 0.190 e. The fourth-order valence-electron chi connectivity index (χ4n) is 2.50. The number of ketones is 1. The molecule has 3 aromatic carbocycles. The van der Waals surface area contributed by atoms with Gasteiger partial charge in [0.15, 0.2) is 5.78 Å². The van der Waals surface area contributed by atoms with E-state index < -0.39 is 0 Å². The maximum Gasteiger partial charge on any atom is 0.190 e. The molecule has 0 saturated carbocycles. The molecule has 0 bridgehead atoms. The van der Waals surface area contributed by atoms with Gasteiger partial charge < -0.3 is 4.74 Å². The van der Waals surface area contributed by atoms with E-state index in [9.17, 15) is 4.79 Å². The maximum absolute atomic E-state index is 12.7. The molecule has 23 heavy (non-hydrogen) atoms. The lowest BCUT2D eigenvalue weighted by Crippen LogP contribution is -2.00. The third-order valence-corrected chi connectivity index (χ3v) is 4.18. The molecule has 3 aromatic rings. The molecule has 114 valence electrons. The van der Waals surface area contributed by atoms with Crippen LogP contribution in [0, 0.1) is 0 Å². The zero-order valence-corrected chi connectivity index (χ0v) is 14.2. The Hall–Kier alpha value is -2.39. The summed E-state index contributed by atoms with van der Waals surface area (Å²) in [6.07, 6.45) is 3.41. The van der Waals surface area contributed by atoms with Gasteiger partial charge in [0.05, 0.1) is 12.7 Å². The molecule has 0 aliphatic carbocycles. The predicted molar refractivity (Wildman–Crippen MR) is 98.0 cm³/mol. The van der Waals surface area contributed by atoms with Crippen molar-refractivity contribution in [2.75, 3.05) is 7.11 Å². The second-order valence-electron chi connectivity index (χ2n) is 5.11. The first kappa shape index (κ1) is 15.5. The van der Waals surface area contributed by atoms with E-state index in [0.717, 1.165) is 20.8 Å². The summed E-state index contributed by atoms with van der Waals surface area (Å²) >= 11 is 3.40. The van der Waals surface area contributed by atoms with E-state index in [1.165, 1.54) is 0 Å². The molecule has 0 aliphatic heterocycles. The van der Waals surface area contributed by atoms with E-state index in [1.807, 2.05) is 66.7 Å². The number of rotatable bonds is 4. The highest BCUT2D eigenvalue weighted by atomic mass is 79.9. The molecule has 3 heteroatoms. The molecular formula is C20H15BrO2. The number of fused-ring (bicyclic) bond motifs is 1. The van der Waals surface area contributed by atoms with Crippen LogP contribution < -0.4 is 4.74 Å². The number of ether oxygens (including phenoxy) is 1. The number of benzene rings is 3. The summed E-state index contributed by atoms with van der Waals surface area (Å²) in [5.74, 6) is 0.524. The van der Waals surface area contributed by atoms with Crippen molar-refractivity contribution in [2.24, 2.45) is 0 Å². The minimum atomic E-state index is -0.0680. The molecular weight excluding hydrogens is 352 g/mol. The van der Waals surface area contributed by atoms with Gasteiger partial charge >= 0.3 is 0 Å². The zero-order valence-electron chi connectivity index (χ0n) is 12.6. The number of methoxy groups -OCH3 is 1. The Balaban J connectivity index is 2.01. The topological polar surface area (TPSA) is 26.3 Å². The highest BCUT2D eigenvalue weighted by Gasteiger charge is 2.13. The Labute approximate surface area is 143 Å². The van der Waals surface area contributed by atoms with Crippen molar-refractivity contribution in [3.63, 3.8) is 0 Å². The average Bonchev–Trinajstić information content (AvgIpc) is 2.60. The van der Waals surface area contributed by atoms with Crippen molar-refractivity contribution in [2.45, 2.75) is 0 Å². The van der Waals surface area contributed by atoms with E-state index in [4.69, 9.17) is 4.74 Å². The number of halogens is 1. The lowest BCUT2D eigenvalue weighted by molar-refractivity contribution is 0.104. The number of hydrogen-bond acceptors (Lipinski definition) is 2. The summed E-state index contributed by atoms with van der Waals surface area (Å²) in [5, 5.41) is 1.92. The van der Waals surface area contributed by atoms with E-state index in [-0.39, 0.29) is 5.78 Å². The van der Waals surface area contributed by atoms with Gasteiger partial charge in [-0.15, -0.1) is 0 Å². The first-order valence-electron chi connectivity index (χ1n) is 7.23. The molecule has 0 fully saturated rings. The molecule has 0 atom stereocenters. The Morgan fingerprint density at radius 2 is 1.74 bits per heavy atom. The van der Waals surface area contributed by atoms with Gasteiger partial charge in [0.2, 0.25) is 0 Å². The van der Waals surface area contributed by atoms with E-state index in [0.29, 0.717) is 11.3 Å². The fraction of sp³-hybridized carbons (Fsp3) is 0.0500. The normalized spacial score (nSPS) is 11.0. The molecule has 2 nitrogen and oxygen atoms in total. The van der Waals surface area contributed by atoms with Crippen molar-refractivity contribution < 1.29 is 9.53 Å². The first-order valence-corrected chi connectivity index (χ1v) is 8.02.